The van der Waals surface area contributed by atoms with Crippen molar-refractivity contribution in [3.63, 3.8) is 0 Å². The SMILES string of the molecule is C=Cc1cnn2c1-c1cc(C(F)(F)F)ccc1CC=C=C2N1CC2CNCC2C1. The molecule has 1 aromatic heterocycles. The molecular formula is C22H21F3N4. The summed E-state index contributed by atoms with van der Waals surface area (Å²) in [5.41, 5.74) is 5.44. The van der Waals surface area contributed by atoms with Crippen molar-refractivity contribution in [2.45, 2.75) is 12.6 Å². The normalized spacial score (nSPS) is 23.1. The Morgan fingerprint density at radius 1 is 1.21 bits per heavy atom. The largest absolute Gasteiger partial charge is 0.416 e. The van der Waals surface area contributed by atoms with E-state index in [1.807, 2.05) is 6.08 Å². The van der Waals surface area contributed by atoms with E-state index in [0.717, 1.165) is 43.6 Å². The van der Waals surface area contributed by atoms with E-state index >= 15 is 0 Å². The number of allylic oxidation sites excluding steroid dienone is 1. The van der Waals surface area contributed by atoms with E-state index < -0.39 is 11.7 Å². The standard InChI is InChI=1S/C22H21F3N4/c1-2-14-11-27-29-20(28-12-16-9-26-10-17(16)13-28)5-3-4-15-6-7-18(22(23,24)25)8-19(15)21(14)29/h2-3,6-8,11,16-17,26H,1,4,9-10,12-13H2. The smallest absolute Gasteiger partial charge is 0.349 e. The predicted molar refractivity (Wildman–Crippen MR) is 106 cm³/mol. The first-order chi connectivity index (χ1) is 14.0. The van der Waals surface area contributed by atoms with Gasteiger partial charge in [0, 0.05) is 37.3 Å². The van der Waals surface area contributed by atoms with Crippen LogP contribution in [0.15, 0.2) is 42.8 Å². The number of fused-ring (bicyclic) bond motifs is 4. The van der Waals surface area contributed by atoms with Crippen molar-refractivity contribution < 1.29 is 13.2 Å². The predicted octanol–water partition coefficient (Wildman–Crippen LogP) is 3.87. The van der Waals surface area contributed by atoms with Gasteiger partial charge in [-0.15, -0.1) is 0 Å². The lowest BCUT2D eigenvalue weighted by Gasteiger charge is -2.24. The van der Waals surface area contributed by atoms with Gasteiger partial charge in [0.25, 0.3) is 0 Å². The minimum absolute atomic E-state index is 0.515. The Kier molecular flexibility index (Phi) is 4.19. The maximum absolute atomic E-state index is 13.4. The highest BCUT2D eigenvalue weighted by molar-refractivity contribution is 5.78. The zero-order valence-electron chi connectivity index (χ0n) is 15.8. The Morgan fingerprint density at radius 3 is 2.66 bits per heavy atom. The number of nitrogens with zero attached hydrogens (tertiary/aromatic N) is 3. The molecule has 2 fully saturated rings. The van der Waals surface area contributed by atoms with Gasteiger partial charge in [-0.1, -0.05) is 24.5 Å². The van der Waals surface area contributed by atoms with Crippen molar-refractivity contribution in [3.8, 4) is 11.3 Å². The summed E-state index contributed by atoms with van der Waals surface area (Å²) in [5, 5.41) is 7.96. The molecule has 2 saturated heterocycles. The Labute approximate surface area is 167 Å². The minimum Gasteiger partial charge on any atom is -0.349 e. The fraction of sp³-hybridized carbons (Fsp3) is 0.364. The first-order valence-corrected chi connectivity index (χ1v) is 9.78. The summed E-state index contributed by atoms with van der Waals surface area (Å²) >= 11 is 0. The van der Waals surface area contributed by atoms with E-state index in [-0.39, 0.29) is 0 Å². The van der Waals surface area contributed by atoms with E-state index in [4.69, 9.17) is 0 Å². The van der Waals surface area contributed by atoms with Gasteiger partial charge in [0.15, 0.2) is 5.82 Å². The van der Waals surface area contributed by atoms with Crippen LogP contribution in [0.4, 0.5) is 13.2 Å². The molecule has 2 aromatic rings. The second kappa shape index (κ2) is 6.65. The van der Waals surface area contributed by atoms with Crippen molar-refractivity contribution in [1.82, 2.24) is 20.0 Å². The molecule has 4 nitrogen and oxygen atoms in total. The number of hydrogen-bond donors (Lipinski definition) is 1. The number of alkyl halides is 3. The van der Waals surface area contributed by atoms with Gasteiger partial charge in [0.1, 0.15) is 0 Å². The van der Waals surface area contributed by atoms with Gasteiger partial charge >= 0.3 is 6.18 Å². The van der Waals surface area contributed by atoms with E-state index in [9.17, 15) is 13.2 Å². The van der Waals surface area contributed by atoms with Gasteiger partial charge in [0.05, 0.1) is 17.5 Å². The van der Waals surface area contributed by atoms with Crippen molar-refractivity contribution in [3.05, 3.63) is 59.5 Å². The molecule has 2 unspecified atom stereocenters. The molecule has 29 heavy (non-hydrogen) atoms. The quantitative estimate of drug-likeness (QED) is 0.780. The van der Waals surface area contributed by atoms with Crippen LogP contribution in [0.5, 0.6) is 0 Å². The Bertz CT molecular complexity index is 1030. The summed E-state index contributed by atoms with van der Waals surface area (Å²) in [6.45, 7) is 7.63. The number of halogens is 3. The van der Waals surface area contributed by atoms with Crippen LogP contribution in [0.1, 0.15) is 16.7 Å². The Morgan fingerprint density at radius 2 is 1.97 bits per heavy atom. The first kappa shape index (κ1) is 18.3. The summed E-state index contributed by atoms with van der Waals surface area (Å²) in [5.74, 6) is 1.96. The van der Waals surface area contributed by atoms with Crippen LogP contribution in [0.2, 0.25) is 0 Å². The zero-order valence-corrected chi connectivity index (χ0v) is 15.8. The maximum atomic E-state index is 13.4. The maximum Gasteiger partial charge on any atom is 0.416 e. The molecular weight excluding hydrogens is 377 g/mol. The van der Waals surface area contributed by atoms with Crippen molar-refractivity contribution in [2.75, 3.05) is 26.2 Å². The number of rotatable bonds is 2. The lowest BCUT2D eigenvalue weighted by atomic mass is 9.96. The van der Waals surface area contributed by atoms with Crippen LogP contribution < -0.4 is 5.32 Å². The van der Waals surface area contributed by atoms with Gasteiger partial charge in [-0.05, 0) is 42.0 Å². The van der Waals surface area contributed by atoms with E-state index in [1.165, 1.54) is 6.07 Å². The lowest BCUT2D eigenvalue weighted by molar-refractivity contribution is -0.137. The molecule has 4 heterocycles. The highest BCUT2D eigenvalue weighted by atomic mass is 19.4. The number of nitrogens with one attached hydrogen (secondary N) is 1. The third-order valence-electron chi connectivity index (χ3n) is 6.15. The Balaban J connectivity index is 1.65. The molecule has 0 amide bonds. The van der Waals surface area contributed by atoms with Gasteiger partial charge in [-0.3, -0.25) is 0 Å². The fourth-order valence-electron chi connectivity index (χ4n) is 4.66. The second-order valence-electron chi connectivity index (χ2n) is 7.89. The molecule has 7 heteroatoms. The zero-order chi connectivity index (χ0) is 20.2. The summed E-state index contributed by atoms with van der Waals surface area (Å²) in [7, 11) is 0. The first-order valence-electron chi connectivity index (χ1n) is 9.78. The molecule has 1 aromatic carbocycles. The average molecular weight is 398 g/mol. The summed E-state index contributed by atoms with van der Waals surface area (Å²) < 4.78 is 41.9. The number of aromatic nitrogens is 2. The van der Waals surface area contributed by atoms with Crippen molar-refractivity contribution >= 4 is 11.9 Å². The van der Waals surface area contributed by atoms with Crippen molar-refractivity contribution in [2.24, 2.45) is 11.8 Å². The third kappa shape index (κ3) is 3.02. The van der Waals surface area contributed by atoms with Crippen LogP contribution in [-0.4, -0.2) is 40.9 Å². The molecule has 150 valence electrons. The molecule has 0 spiro atoms. The molecule has 0 bridgehead atoms. The van der Waals surface area contributed by atoms with Crippen molar-refractivity contribution in [1.29, 1.82) is 0 Å². The van der Waals surface area contributed by atoms with Crippen LogP contribution in [-0.2, 0) is 12.6 Å². The van der Waals surface area contributed by atoms with Crippen LogP contribution in [0.25, 0.3) is 23.2 Å². The van der Waals surface area contributed by atoms with Gasteiger partial charge in [-0.25, -0.2) is 4.68 Å². The van der Waals surface area contributed by atoms with E-state index in [2.05, 4.69) is 27.6 Å². The van der Waals surface area contributed by atoms with E-state index in [0.29, 0.717) is 35.1 Å². The highest BCUT2D eigenvalue weighted by Gasteiger charge is 2.38. The molecule has 3 aliphatic rings. The average Bonchev–Trinajstić information content (AvgIpc) is 3.37. The molecule has 3 aliphatic heterocycles. The topological polar surface area (TPSA) is 33.1 Å². The highest BCUT2D eigenvalue weighted by Crippen LogP contribution is 2.38. The molecule has 5 rings (SSSR count). The Hall–Kier alpha value is -2.76. The van der Waals surface area contributed by atoms with E-state index in [1.54, 1.807) is 23.0 Å². The number of hydrogen-bond acceptors (Lipinski definition) is 3. The van der Waals surface area contributed by atoms with Crippen LogP contribution >= 0.6 is 0 Å². The molecule has 0 saturated carbocycles. The number of likely N-dealkylation sites (tertiary alicyclic amines) is 1. The summed E-state index contributed by atoms with van der Waals surface area (Å²) in [6, 6.07) is 3.93. The van der Waals surface area contributed by atoms with Gasteiger partial charge < -0.3 is 10.2 Å². The summed E-state index contributed by atoms with van der Waals surface area (Å²) in [6.07, 6.45) is 1.32. The van der Waals surface area contributed by atoms with Gasteiger partial charge in [0.2, 0.25) is 0 Å². The third-order valence-corrected chi connectivity index (χ3v) is 6.15. The lowest BCUT2D eigenvalue weighted by Crippen LogP contribution is -2.27. The minimum atomic E-state index is -4.40. The van der Waals surface area contributed by atoms with Gasteiger partial charge in [-0.2, -0.15) is 18.3 Å². The molecule has 0 radical (unpaired) electrons. The fourth-order valence-corrected chi connectivity index (χ4v) is 4.66. The second-order valence-corrected chi connectivity index (χ2v) is 7.89. The summed E-state index contributed by atoms with van der Waals surface area (Å²) in [4.78, 5) is 2.26. The molecule has 2 atom stereocenters. The monoisotopic (exact) mass is 398 g/mol. The number of benzene rings is 1. The molecule has 1 N–H and O–H groups in total. The van der Waals surface area contributed by atoms with Crippen LogP contribution in [0.3, 0.4) is 0 Å². The molecule has 0 aliphatic carbocycles. The van der Waals surface area contributed by atoms with Crippen LogP contribution in [0, 0.1) is 11.8 Å².